The monoisotopic (exact) mass is 344 g/mol. The molecular formula is C12H7Br2Cl. The first-order chi connectivity index (χ1) is 7.18. The SMILES string of the molecule is Clc1c(Br)cc(-c2ccccc2)cc1Br. The Morgan fingerprint density at radius 1 is 0.800 bits per heavy atom. The smallest absolute Gasteiger partial charge is 0.0690 e. The van der Waals surface area contributed by atoms with Gasteiger partial charge in [-0.25, -0.2) is 0 Å². The minimum Gasteiger partial charge on any atom is -0.0819 e. The molecular weight excluding hydrogens is 339 g/mol. The Balaban J connectivity index is 2.56. The van der Waals surface area contributed by atoms with Gasteiger partial charge in [0, 0.05) is 8.95 Å². The van der Waals surface area contributed by atoms with Crippen LogP contribution >= 0.6 is 43.5 Å². The van der Waals surface area contributed by atoms with Crippen molar-refractivity contribution < 1.29 is 0 Å². The lowest BCUT2D eigenvalue weighted by Gasteiger charge is -2.05. The molecule has 0 heterocycles. The fraction of sp³-hybridized carbons (Fsp3) is 0. The molecule has 0 unspecified atom stereocenters. The molecule has 3 heteroatoms. The third-order valence-electron chi connectivity index (χ3n) is 2.09. The Morgan fingerprint density at radius 2 is 1.33 bits per heavy atom. The van der Waals surface area contributed by atoms with Crippen LogP contribution in [0.5, 0.6) is 0 Å². The molecule has 0 aliphatic rings. The number of benzene rings is 2. The molecule has 0 N–H and O–H groups in total. The summed E-state index contributed by atoms with van der Waals surface area (Å²) >= 11 is 12.9. The zero-order valence-corrected chi connectivity index (χ0v) is 11.6. The Hall–Kier alpha value is -0.310. The van der Waals surface area contributed by atoms with E-state index in [0.29, 0.717) is 5.02 Å². The van der Waals surface area contributed by atoms with Crippen LogP contribution in [-0.2, 0) is 0 Å². The van der Waals surface area contributed by atoms with Crippen molar-refractivity contribution in [3.8, 4) is 11.1 Å². The predicted molar refractivity (Wildman–Crippen MR) is 72.3 cm³/mol. The van der Waals surface area contributed by atoms with Crippen LogP contribution in [0.4, 0.5) is 0 Å². The van der Waals surface area contributed by atoms with Crippen LogP contribution in [0.25, 0.3) is 11.1 Å². The normalized spacial score (nSPS) is 10.3. The lowest BCUT2D eigenvalue weighted by atomic mass is 10.1. The van der Waals surface area contributed by atoms with Gasteiger partial charge in [0.05, 0.1) is 5.02 Å². The van der Waals surface area contributed by atoms with Crippen LogP contribution in [0, 0.1) is 0 Å². The molecule has 2 aromatic rings. The molecule has 0 aliphatic heterocycles. The Kier molecular flexibility index (Phi) is 3.49. The van der Waals surface area contributed by atoms with Crippen molar-refractivity contribution in [1.82, 2.24) is 0 Å². The molecule has 0 fully saturated rings. The number of hydrogen-bond acceptors (Lipinski definition) is 0. The molecule has 0 amide bonds. The molecule has 0 aliphatic carbocycles. The summed E-state index contributed by atoms with van der Waals surface area (Å²) in [6.45, 7) is 0. The first-order valence-corrected chi connectivity index (χ1v) is 6.35. The Labute approximate surface area is 111 Å². The van der Waals surface area contributed by atoms with E-state index in [2.05, 4.69) is 44.0 Å². The Morgan fingerprint density at radius 3 is 1.87 bits per heavy atom. The van der Waals surface area contributed by atoms with Crippen molar-refractivity contribution in [2.75, 3.05) is 0 Å². The second-order valence-corrected chi connectivity index (χ2v) is 5.21. The van der Waals surface area contributed by atoms with Crippen molar-refractivity contribution in [3.05, 3.63) is 56.4 Å². The van der Waals surface area contributed by atoms with E-state index in [4.69, 9.17) is 11.6 Å². The summed E-state index contributed by atoms with van der Waals surface area (Å²) in [5.74, 6) is 0. The van der Waals surface area contributed by atoms with Crippen molar-refractivity contribution in [3.63, 3.8) is 0 Å². The first-order valence-electron chi connectivity index (χ1n) is 4.38. The highest BCUT2D eigenvalue weighted by Crippen LogP contribution is 2.35. The van der Waals surface area contributed by atoms with Crippen LogP contribution in [0.1, 0.15) is 0 Å². The first kappa shape index (κ1) is 11.2. The van der Waals surface area contributed by atoms with Crippen molar-refractivity contribution in [2.45, 2.75) is 0 Å². The molecule has 2 rings (SSSR count). The summed E-state index contributed by atoms with van der Waals surface area (Å²) in [4.78, 5) is 0. The standard InChI is InChI=1S/C12H7Br2Cl/c13-10-6-9(7-11(14)12(10)15)8-4-2-1-3-5-8/h1-7H. The van der Waals surface area contributed by atoms with Crippen molar-refractivity contribution in [1.29, 1.82) is 0 Å². The average Bonchev–Trinajstić information content (AvgIpc) is 2.26. The van der Waals surface area contributed by atoms with Gasteiger partial charge in [0.25, 0.3) is 0 Å². The van der Waals surface area contributed by atoms with E-state index in [1.807, 2.05) is 30.3 Å². The van der Waals surface area contributed by atoms with Gasteiger partial charge in [0.1, 0.15) is 0 Å². The third kappa shape index (κ3) is 2.44. The quantitative estimate of drug-likeness (QED) is 0.595. The molecule has 0 radical (unpaired) electrons. The number of hydrogen-bond donors (Lipinski definition) is 0. The molecule has 0 saturated heterocycles. The number of halogens is 3. The van der Waals surface area contributed by atoms with Gasteiger partial charge in [-0.15, -0.1) is 0 Å². The molecule has 0 bridgehead atoms. The molecule has 0 nitrogen and oxygen atoms in total. The van der Waals surface area contributed by atoms with Crippen LogP contribution in [0.2, 0.25) is 5.02 Å². The lowest BCUT2D eigenvalue weighted by molar-refractivity contribution is 1.56. The van der Waals surface area contributed by atoms with Gasteiger partial charge < -0.3 is 0 Å². The highest BCUT2D eigenvalue weighted by Gasteiger charge is 2.05. The predicted octanol–water partition coefficient (Wildman–Crippen LogP) is 5.53. The second kappa shape index (κ2) is 4.69. The van der Waals surface area contributed by atoms with Crippen LogP contribution in [0.15, 0.2) is 51.4 Å². The maximum atomic E-state index is 6.04. The van der Waals surface area contributed by atoms with Crippen molar-refractivity contribution in [2.24, 2.45) is 0 Å². The maximum absolute atomic E-state index is 6.04. The fourth-order valence-electron chi connectivity index (χ4n) is 1.35. The molecule has 15 heavy (non-hydrogen) atoms. The fourth-order valence-corrected chi connectivity index (χ4v) is 2.65. The summed E-state index contributed by atoms with van der Waals surface area (Å²) in [6.07, 6.45) is 0. The lowest BCUT2D eigenvalue weighted by Crippen LogP contribution is -1.79. The maximum Gasteiger partial charge on any atom is 0.0690 e. The summed E-state index contributed by atoms with van der Waals surface area (Å²) in [5, 5.41) is 0.703. The van der Waals surface area contributed by atoms with Gasteiger partial charge >= 0.3 is 0 Å². The highest BCUT2D eigenvalue weighted by molar-refractivity contribution is 9.11. The van der Waals surface area contributed by atoms with Gasteiger partial charge in [-0.1, -0.05) is 41.9 Å². The van der Waals surface area contributed by atoms with E-state index in [1.165, 1.54) is 5.56 Å². The summed E-state index contributed by atoms with van der Waals surface area (Å²) in [6, 6.07) is 14.2. The van der Waals surface area contributed by atoms with Crippen LogP contribution in [-0.4, -0.2) is 0 Å². The molecule has 0 saturated carbocycles. The minimum absolute atomic E-state index is 0.703. The molecule has 0 spiro atoms. The average molecular weight is 346 g/mol. The van der Waals surface area contributed by atoms with E-state index in [-0.39, 0.29) is 0 Å². The minimum atomic E-state index is 0.703. The zero-order chi connectivity index (χ0) is 10.8. The summed E-state index contributed by atoms with van der Waals surface area (Å²) in [5.41, 5.74) is 2.31. The van der Waals surface area contributed by atoms with Gasteiger partial charge in [-0.3, -0.25) is 0 Å². The van der Waals surface area contributed by atoms with E-state index >= 15 is 0 Å². The van der Waals surface area contributed by atoms with E-state index in [1.54, 1.807) is 0 Å². The topological polar surface area (TPSA) is 0 Å². The highest BCUT2D eigenvalue weighted by atomic mass is 79.9. The van der Waals surface area contributed by atoms with Gasteiger partial charge in [0.2, 0.25) is 0 Å². The number of rotatable bonds is 1. The van der Waals surface area contributed by atoms with Gasteiger partial charge in [-0.05, 0) is 55.1 Å². The van der Waals surface area contributed by atoms with E-state index in [0.717, 1.165) is 14.5 Å². The third-order valence-corrected chi connectivity index (χ3v) is 4.21. The van der Waals surface area contributed by atoms with Crippen LogP contribution in [0.3, 0.4) is 0 Å². The van der Waals surface area contributed by atoms with Crippen LogP contribution < -0.4 is 0 Å². The summed E-state index contributed by atoms with van der Waals surface area (Å²) in [7, 11) is 0. The molecule has 0 aromatic heterocycles. The zero-order valence-electron chi connectivity index (χ0n) is 7.68. The van der Waals surface area contributed by atoms with E-state index in [9.17, 15) is 0 Å². The summed E-state index contributed by atoms with van der Waals surface area (Å²) < 4.78 is 1.80. The van der Waals surface area contributed by atoms with E-state index < -0.39 is 0 Å². The Bertz CT molecular complexity index is 457. The van der Waals surface area contributed by atoms with Crippen molar-refractivity contribution >= 4 is 43.5 Å². The molecule has 2 aromatic carbocycles. The molecule has 76 valence electrons. The second-order valence-electron chi connectivity index (χ2n) is 3.12. The largest absolute Gasteiger partial charge is 0.0819 e. The van der Waals surface area contributed by atoms with Gasteiger partial charge in [-0.2, -0.15) is 0 Å². The molecule has 0 atom stereocenters. The van der Waals surface area contributed by atoms with Gasteiger partial charge in [0.15, 0.2) is 0 Å².